The van der Waals surface area contributed by atoms with Crippen LogP contribution in [0.1, 0.15) is 35.7 Å². The second-order valence-electron chi connectivity index (χ2n) is 6.28. The number of likely N-dealkylation sites (tertiary alicyclic amines) is 1. The number of nitrogens with zero attached hydrogens (tertiary/aromatic N) is 3. The average Bonchev–Trinajstić information content (AvgIpc) is 3.26. The van der Waals surface area contributed by atoms with Gasteiger partial charge in [0.1, 0.15) is 5.75 Å². The molecule has 3 rings (SSSR count). The van der Waals surface area contributed by atoms with E-state index >= 15 is 0 Å². The van der Waals surface area contributed by atoms with Crippen molar-refractivity contribution in [1.29, 1.82) is 0 Å². The van der Waals surface area contributed by atoms with Crippen LogP contribution in [0.2, 0.25) is 0 Å². The van der Waals surface area contributed by atoms with Gasteiger partial charge in [-0.2, -0.15) is 5.10 Å². The van der Waals surface area contributed by atoms with Gasteiger partial charge in [-0.05, 0) is 61.7 Å². The molecule has 0 saturated carbocycles. The van der Waals surface area contributed by atoms with Crippen LogP contribution in [0.25, 0.3) is 0 Å². The van der Waals surface area contributed by atoms with Crippen LogP contribution in [0.4, 0.5) is 0 Å². The Labute approximate surface area is 158 Å². The summed E-state index contributed by atoms with van der Waals surface area (Å²) in [7, 11) is 0. The van der Waals surface area contributed by atoms with Gasteiger partial charge in [0.15, 0.2) is 6.61 Å². The lowest BCUT2D eigenvalue weighted by atomic mass is 10.1. The number of pyridine rings is 1. The third kappa shape index (κ3) is 5.13. The van der Waals surface area contributed by atoms with Crippen molar-refractivity contribution in [2.75, 3.05) is 19.7 Å². The van der Waals surface area contributed by atoms with Crippen molar-refractivity contribution >= 4 is 17.5 Å². The van der Waals surface area contributed by atoms with Crippen molar-refractivity contribution in [1.82, 2.24) is 15.3 Å². The number of ether oxygens (including phenoxy) is 1. The molecule has 1 aromatic heterocycles. The van der Waals surface area contributed by atoms with Crippen LogP contribution in [0.15, 0.2) is 53.9 Å². The summed E-state index contributed by atoms with van der Waals surface area (Å²) < 4.78 is 5.56. The Morgan fingerprint density at radius 2 is 1.89 bits per heavy atom. The van der Waals surface area contributed by atoms with E-state index in [2.05, 4.69) is 15.5 Å². The Kier molecular flexibility index (Phi) is 6.14. The number of aromatic nitrogens is 1. The number of nitrogens with one attached hydrogen (secondary N) is 1. The molecule has 2 heterocycles. The third-order valence-electron chi connectivity index (χ3n) is 4.34. The Hall–Kier alpha value is -3.22. The molecule has 0 atom stereocenters. The maximum Gasteiger partial charge on any atom is 0.272 e. The molecule has 140 valence electrons. The minimum atomic E-state index is -0.317. The minimum absolute atomic E-state index is 0.0208. The zero-order valence-corrected chi connectivity index (χ0v) is 15.2. The summed E-state index contributed by atoms with van der Waals surface area (Å²) in [5, 5.41) is 4.11. The van der Waals surface area contributed by atoms with Crippen molar-refractivity contribution in [2.24, 2.45) is 5.10 Å². The zero-order chi connectivity index (χ0) is 19.1. The average molecular weight is 366 g/mol. The second-order valence-corrected chi connectivity index (χ2v) is 6.28. The maximum atomic E-state index is 12.0. The molecule has 0 radical (unpaired) electrons. The molecule has 0 bridgehead atoms. The molecule has 7 heteroatoms. The molecule has 1 aromatic carbocycles. The van der Waals surface area contributed by atoms with Crippen LogP contribution in [0, 0.1) is 0 Å². The third-order valence-corrected chi connectivity index (χ3v) is 4.34. The molecule has 27 heavy (non-hydrogen) atoms. The number of hydrogen-bond acceptors (Lipinski definition) is 5. The SMILES string of the molecule is CC(=NNC(=O)c1cccnc1)c1ccc(OCC(=O)N2CCCC2)cc1. The minimum Gasteiger partial charge on any atom is -0.484 e. The molecule has 1 saturated heterocycles. The molecule has 1 aliphatic rings. The van der Waals surface area contributed by atoms with E-state index in [1.165, 1.54) is 6.20 Å². The summed E-state index contributed by atoms with van der Waals surface area (Å²) in [6.45, 7) is 3.49. The second kappa shape index (κ2) is 8.93. The fraction of sp³-hybridized carbons (Fsp3) is 0.300. The van der Waals surface area contributed by atoms with Crippen molar-refractivity contribution in [3.05, 3.63) is 59.9 Å². The van der Waals surface area contributed by atoms with E-state index in [1.807, 2.05) is 17.0 Å². The summed E-state index contributed by atoms with van der Waals surface area (Å²) in [5.74, 6) is 0.328. The maximum absolute atomic E-state index is 12.0. The van der Waals surface area contributed by atoms with Gasteiger partial charge in [0.2, 0.25) is 0 Å². The summed E-state index contributed by atoms with van der Waals surface area (Å²) >= 11 is 0. The fourth-order valence-electron chi connectivity index (χ4n) is 2.76. The van der Waals surface area contributed by atoms with Gasteiger partial charge in [-0.3, -0.25) is 14.6 Å². The quantitative estimate of drug-likeness (QED) is 0.628. The highest BCUT2D eigenvalue weighted by molar-refractivity contribution is 6.00. The summed E-state index contributed by atoms with van der Waals surface area (Å²) in [5.41, 5.74) is 4.46. The number of hydrazone groups is 1. The monoisotopic (exact) mass is 366 g/mol. The van der Waals surface area contributed by atoms with Crippen LogP contribution < -0.4 is 10.2 Å². The largest absolute Gasteiger partial charge is 0.484 e. The molecule has 2 aromatic rings. The molecule has 1 N–H and O–H groups in total. The van der Waals surface area contributed by atoms with Crippen molar-refractivity contribution in [3.8, 4) is 5.75 Å². The van der Waals surface area contributed by atoms with E-state index in [0.29, 0.717) is 17.0 Å². The highest BCUT2D eigenvalue weighted by Crippen LogP contribution is 2.14. The summed E-state index contributed by atoms with van der Waals surface area (Å²) in [4.78, 5) is 29.7. The lowest BCUT2D eigenvalue weighted by Gasteiger charge is -2.15. The van der Waals surface area contributed by atoms with Gasteiger partial charge in [0, 0.05) is 25.5 Å². The van der Waals surface area contributed by atoms with Crippen molar-refractivity contribution in [2.45, 2.75) is 19.8 Å². The van der Waals surface area contributed by atoms with Gasteiger partial charge >= 0.3 is 0 Å². The van der Waals surface area contributed by atoms with E-state index in [0.717, 1.165) is 31.5 Å². The van der Waals surface area contributed by atoms with Crippen LogP contribution in [0.5, 0.6) is 5.75 Å². The molecular weight excluding hydrogens is 344 g/mol. The van der Waals surface area contributed by atoms with E-state index < -0.39 is 0 Å². The molecule has 1 aliphatic heterocycles. The van der Waals surface area contributed by atoms with Gasteiger partial charge < -0.3 is 9.64 Å². The first-order valence-electron chi connectivity index (χ1n) is 8.89. The molecule has 0 unspecified atom stereocenters. The molecule has 1 fully saturated rings. The first-order valence-corrected chi connectivity index (χ1v) is 8.89. The van der Waals surface area contributed by atoms with Crippen molar-refractivity contribution < 1.29 is 14.3 Å². The molecule has 0 aliphatic carbocycles. The van der Waals surface area contributed by atoms with Crippen molar-refractivity contribution in [3.63, 3.8) is 0 Å². The van der Waals surface area contributed by atoms with E-state index in [4.69, 9.17) is 4.74 Å². The summed E-state index contributed by atoms with van der Waals surface area (Å²) in [6, 6.07) is 10.6. The number of rotatable bonds is 6. The fourth-order valence-corrected chi connectivity index (χ4v) is 2.76. The van der Waals surface area contributed by atoms with Gasteiger partial charge in [-0.1, -0.05) is 0 Å². The van der Waals surface area contributed by atoms with E-state index in [1.54, 1.807) is 37.4 Å². The van der Waals surface area contributed by atoms with Crippen LogP contribution >= 0.6 is 0 Å². The predicted octanol–water partition coefficient (Wildman–Crippen LogP) is 2.24. The van der Waals surface area contributed by atoms with Crippen LogP contribution in [-0.2, 0) is 4.79 Å². The number of amides is 2. The smallest absolute Gasteiger partial charge is 0.272 e. The first-order chi connectivity index (χ1) is 13.1. The van der Waals surface area contributed by atoms with Gasteiger partial charge in [0.25, 0.3) is 11.8 Å². The van der Waals surface area contributed by atoms with Crippen LogP contribution in [-0.4, -0.2) is 47.1 Å². The molecular formula is C20H22N4O3. The Morgan fingerprint density at radius 1 is 1.15 bits per heavy atom. The van der Waals surface area contributed by atoms with Crippen LogP contribution in [0.3, 0.4) is 0 Å². The summed E-state index contributed by atoms with van der Waals surface area (Å²) in [6.07, 6.45) is 5.22. The lowest BCUT2D eigenvalue weighted by Crippen LogP contribution is -2.32. The zero-order valence-electron chi connectivity index (χ0n) is 15.2. The lowest BCUT2D eigenvalue weighted by molar-refractivity contribution is -0.132. The number of hydrogen-bond donors (Lipinski definition) is 1. The number of benzene rings is 1. The number of carbonyl (C=O) groups excluding carboxylic acids is 2. The highest BCUT2D eigenvalue weighted by Gasteiger charge is 2.18. The first kappa shape index (κ1) is 18.6. The normalized spacial score (nSPS) is 14.1. The van der Waals surface area contributed by atoms with Gasteiger partial charge in [-0.25, -0.2) is 5.43 Å². The molecule has 2 amide bonds. The standard InChI is InChI=1S/C20H22N4O3/c1-15(22-23-20(26)17-5-4-10-21-13-17)16-6-8-18(9-7-16)27-14-19(25)24-11-2-3-12-24/h4-10,13H,2-3,11-12,14H2,1H3,(H,23,26). The highest BCUT2D eigenvalue weighted by atomic mass is 16.5. The Morgan fingerprint density at radius 3 is 2.56 bits per heavy atom. The topological polar surface area (TPSA) is 83.9 Å². The van der Waals surface area contributed by atoms with E-state index in [9.17, 15) is 9.59 Å². The van der Waals surface area contributed by atoms with Gasteiger partial charge in [-0.15, -0.1) is 0 Å². The van der Waals surface area contributed by atoms with E-state index in [-0.39, 0.29) is 18.4 Å². The Balaban J connectivity index is 1.52. The molecule has 7 nitrogen and oxygen atoms in total. The number of carbonyl (C=O) groups is 2. The predicted molar refractivity (Wildman–Crippen MR) is 102 cm³/mol. The molecule has 0 spiro atoms. The van der Waals surface area contributed by atoms with Gasteiger partial charge in [0.05, 0.1) is 11.3 Å². The Bertz CT molecular complexity index is 813.